The number of hydrogen-bond donors (Lipinski definition) is 2. The Bertz CT molecular complexity index is 1140. The standard InChI is InChI=1S/C27H32N2O4S2/c1-15-6-10-22(32-4)20(12-15)26(30)16(2)28-24(34)14-25(35)29-17(3)27(31)21-13-19(18-7-8-18)9-11-23(21)33-5/h6,9-13,16-18H,7-8,14H2,1-5H3,(H,28,34)(H,29,35). The van der Waals surface area contributed by atoms with Gasteiger partial charge in [-0.2, -0.15) is 0 Å². The summed E-state index contributed by atoms with van der Waals surface area (Å²) in [7, 11) is 3.10. The van der Waals surface area contributed by atoms with E-state index in [0.717, 1.165) is 24.0 Å². The normalized spacial score (nSPS) is 14.4. The van der Waals surface area contributed by atoms with Crippen LogP contribution in [0.25, 0.3) is 0 Å². The summed E-state index contributed by atoms with van der Waals surface area (Å²) >= 11 is 10.9. The highest BCUT2D eigenvalue weighted by atomic mass is 32.1. The van der Waals surface area contributed by atoms with Crippen molar-refractivity contribution < 1.29 is 19.1 Å². The molecule has 0 radical (unpaired) electrons. The minimum atomic E-state index is -0.561. The van der Waals surface area contributed by atoms with Gasteiger partial charge in [-0.25, -0.2) is 0 Å². The fourth-order valence-electron chi connectivity index (χ4n) is 3.93. The van der Waals surface area contributed by atoms with E-state index < -0.39 is 12.1 Å². The smallest absolute Gasteiger partial charge is 0.188 e. The van der Waals surface area contributed by atoms with Gasteiger partial charge < -0.3 is 20.1 Å². The van der Waals surface area contributed by atoms with Gasteiger partial charge in [-0.15, -0.1) is 0 Å². The Labute approximate surface area is 217 Å². The molecule has 0 bridgehead atoms. The number of rotatable bonds is 11. The van der Waals surface area contributed by atoms with Crippen LogP contribution in [0.1, 0.15) is 70.9 Å². The molecule has 2 unspecified atom stereocenters. The van der Waals surface area contributed by atoms with Crippen LogP contribution in [0.4, 0.5) is 0 Å². The Hall–Kier alpha value is -2.84. The van der Waals surface area contributed by atoms with E-state index in [0.29, 0.717) is 38.5 Å². The lowest BCUT2D eigenvalue weighted by Crippen LogP contribution is -2.42. The molecule has 186 valence electrons. The molecule has 0 aromatic heterocycles. The van der Waals surface area contributed by atoms with Crippen LogP contribution in [-0.4, -0.2) is 47.8 Å². The summed E-state index contributed by atoms with van der Waals surface area (Å²) in [4.78, 5) is 26.9. The number of thiocarbonyl (C=S) groups is 2. The second-order valence-electron chi connectivity index (χ2n) is 8.92. The van der Waals surface area contributed by atoms with Gasteiger partial charge in [0.1, 0.15) is 11.5 Å². The van der Waals surface area contributed by atoms with Crippen LogP contribution < -0.4 is 20.1 Å². The van der Waals surface area contributed by atoms with E-state index in [2.05, 4.69) is 10.6 Å². The summed E-state index contributed by atoms with van der Waals surface area (Å²) in [5, 5.41) is 6.13. The highest BCUT2D eigenvalue weighted by Crippen LogP contribution is 2.41. The number of ketones is 2. The maximum absolute atomic E-state index is 13.1. The molecule has 0 spiro atoms. The van der Waals surface area contributed by atoms with Crippen molar-refractivity contribution in [2.24, 2.45) is 0 Å². The number of ether oxygens (including phenoxy) is 2. The SMILES string of the molecule is COc1ccc(C)cc1C(=O)C(C)NC(=S)CC(=S)NC(C)C(=O)c1cc(C2CC2)ccc1OC. The van der Waals surface area contributed by atoms with E-state index in [9.17, 15) is 9.59 Å². The van der Waals surface area contributed by atoms with Gasteiger partial charge in [0.15, 0.2) is 11.6 Å². The molecule has 0 heterocycles. The zero-order valence-corrected chi connectivity index (χ0v) is 22.4. The zero-order chi connectivity index (χ0) is 25.7. The van der Waals surface area contributed by atoms with Crippen LogP contribution in [0, 0.1) is 6.92 Å². The lowest BCUT2D eigenvalue weighted by molar-refractivity contribution is 0.0950. The van der Waals surface area contributed by atoms with Crippen LogP contribution in [-0.2, 0) is 0 Å². The van der Waals surface area contributed by atoms with Gasteiger partial charge in [0.2, 0.25) is 0 Å². The number of carbonyl (C=O) groups is 2. The number of carbonyl (C=O) groups excluding carboxylic acids is 2. The quantitative estimate of drug-likeness (QED) is 0.323. The summed E-state index contributed by atoms with van der Waals surface area (Å²) in [6.45, 7) is 5.44. The van der Waals surface area contributed by atoms with E-state index >= 15 is 0 Å². The lowest BCUT2D eigenvalue weighted by atomic mass is 9.99. The molecule has 2 N–H and O–H groups in total. The minimum Gasteiger partial charge on any atom is -0.496 e. The second-order valence-corrected chi connectivity index (χ2v) is 9.91. The monoisotopic (exact) mass is 512 g/mol. The molecule has 2 aromatic rings. The molecular weight excluding hydrogens is 480 g/mol. The highest BCUT2D eigenvalue weighted by molar-refractivity contribution is 7.82. The van der Waals surface area contributed by atoms with Crippen molar-refractivity contribution in [3.8, 4) is 11.5 Å². The van der Waals surface area contributed by atoms with E-state index in [1.807, 2.05) is 31.2 Å². The summed E-state index contributed by atoms with van der Waals surface area (Å²) < 4.78 is 10.7. The molecule has 8 heteroatoms. The van der Waals surface area contributed by atoms with Gasteiger partial charge in [-0.3, -0.25) is 9.59 Å². The van der Waals surface area contributed by atoms with Crippen molar-refractivity contribution in [2.75, 3.05) is 14.2 Å². The van der Waals surface area contributed by atoms with Crippen LogP contribution in [0.5, 0.6) is 11.5 Å². The van der Waals surface area contributed by atoms with Crippen LogP contribution >= 0.6 is 24.4 Å². The van der Waals surface area contributed by atoms with Crippen LogP contribution in [0.15, 0.2) is 36.4 Å². The maximum atomic E-state index is 13.1. The number of aryl methyl sites for hydroxylation is 1. The van der Waals surface area contributed by atoms with Gasteiger partial charge in [-0.05, 0) is 69.4 Å². The van der Waals surface area contributed by atoms with Crippen molar-refractivity contribution in [1.82, 2.24) is 10.6 Å². The average molecular weight is 513 g/mol. The molecule has 0 aliphatic heterocycles. The largest absolute Gasteiger partial charge is 0.496 e. The molecule has 1 fully saturated rings. The van der Waals surface area contributed by atoms with E-state index in [-0.39, 0.29) is 18.0 Å². The summed E-state index contributed by atoms with van der Waals surface area (Å²) in [6, 6.07) is 10.2. The van der Waals surface area contributed by atoms with E-state index in [1.165, 1.54) is 7.11 Å². The predicted octanol–water partition coefficient (Wildman–Crippen LogP) is 4.96. The minimum absolute atomic E-state index is 0.0966. The summed E-state index contributed by atoms with van der Waals surface area (Å²) in [6.07, 6.45) is 2.53. The van der Waals surface area contributed by atoms with Crippen LogP contribution in [0.2, 0.25) is 0 Å². The molecule has 1 aliphatic carbocycles. The molecule has 2 aromatic carbocycles. The molecule has 3 rings (SSSR count). The topological polar surface area (TPSA) is 76.7 Å². The molecular formula is C27H32N2O4S2. The third-order valence-corrected chi connectivity index (χ3v) is 6.55. The van der Waals surface area contributed by atoms with E-state index in [4.69, 9.17) is 33.9 Å². The van der Waals surface area contributed by atoms with E-state index in [1.54, 1.807) is 33.1 Å². The first-order valence-electron chi connectivity index (χ1n) is 11.6. The number of hydrogen-bond acceptors (Lipinski definition) is 6. The molecule has 6 nitrogen and oxygen atoms in total. The third kappa shape index (κ3) is 6.86. The summed E-state index contributed by atoms with van der Waals surface area (Å²) in [5.41, 5.74) is 3.18. The summed E-state index contributed by atoms with van der Waals surface area (Å²) in [5.74, 6) is 1.38. The van der Waals surface area contributed by atoms with Gasteiger partial charge in [0, 0.05) is 6.42 Å². The fourth-order valence-corrected chi connectivity index (χ4v) is 4.67. The average Bonchev–Trinajstić information content (AvgIpc) is 3.67. The number of nitrogens with one attached hydrogen (secondary N) is 2. The number of benzene rings is 2. The first kappa shape index (κ1) is 26.8. The molecule has 2 atom stereocenters. The van der Waals surface area contributed by atoms with Gasteiger partial charge >= 0.3 is 0 Å². The molecule has 0 amide bonds. The molecule has 1 saturated carbocycles. The molecule has 0 saturated heterocycles. The molecule has 1 aliphatic rings. The van der Waals surface area contributed by atoms with Crippen LogP contribution in [0.3, 0.4) is 0 Å². The first-order chi connectivity index (χ1) is 16.6. The van der Waals surface area contributed by atoms with Gasteiger partial charge in [0.25, 0.3) is 0 Å². The molecule has 35 heavy (non-hydrogen) atoms. The van der Waals surface area contributed by atoms with Crippen molar-refractivity contribution in [3.63, 3.8) is 0 Å². The fraction of sp³-hybridized carbons (Fsp3) is 0.407. The highest BCUT2D eigenvalue weighted by Gasteiger charge is 2.27. The Morgan fingerprint density at radius 2 is 1.37 bits per heavy atom. The lowest BCUT2D eigenvalue weighted by Gasteiger charge is -2.19. The van der Waals surface area contributed by atoms with Crippen molar-refractivity contribution in [3.05, 3.63) is 58.7 Å². The number of Topliss-reactive ketones (excluding diaryl/α,β-unsaturated/α-hetero) is 2. The second kappa shape index (κ2) is 11.7. The Balaban J connectivity index is 1.58. The van der Waals surface area contributed by atoms with Gasteiger partial charge in [0.05, 0.1) is 47.4 Å². The number of methoxy groups -OCH3 is 2. The zero-order valence-electron chi connectivity index (χ0n) is 20.8. The Kier molecular flexibility index (Phi) is 8.97. The maximum Gasteiger partial charge on any atom is 0.188 e. The van der Waals surface area contributed by atoms with Crippen molar-refractivity contribution >= 4 is 46.0 Å². The predicted molar refractivity (Wildman–Crippen MR) is 146 cm³/mol. The third-order valence-electron chi connectivity index (χ3n) is 6.02. The Morgan fingerprint density at radius 3 is 1.86 bits per heavy atom. The Morgan fingerprint density at radius 1 is 0.886 bits per heavy atom. The van der Waals surface area contributed by atoms with Crippen molar-refractivity contribution in [1.29, 1.82) is 0 Å². The first-order valence-corrected chi connectivity index (χ1v) is 12.5. The van der Waals surface area contributed by atoms with Gasteiger partial charge in [-0.1, -0.05) is 42.1 Å². The van der Waals surface area contributed by atoms with Crippen molar-refractivity contribution in [2.45, 2.75) is 58.0 Å².